The summed E-state index contributed by atoms with van der Waals surface area (Å²) in [7, 11) is -3.46. The summed E-state index contributed by atoms with van der Waals surface area (Å²) >= 11 is 5.23. The molecule has 1 fully saturated rings. The van der Waals surface area contributed by atoms with Crippen molar-refractivity contribution < 1.29 is 13.2 Å². The van der Waals surface area contributed by atoms with E-state index in [4.69, 9.17) is 17.0 Å². The van der Waals surface area contributed by atoms with Gasteiger partial charge in [0.05, 0.1) is 18.1 Å². The molecule has 0 unspecified atom stereocenters. The van der Waals surface area contributed by atoms with E-state index in [0.717, 1.165) is 5.69 Å². The first-order valence-corrected chi connectivity index (χ1v) is 9.30. The van der Waals surface area contributed by atoms with Gasteiger partial charge in [-0.2, -0.15) is 4.31 Å². The predicted octanol–water partition coefficient (Wildman–Crippen LogP) is 1.79. The third-order valence-corrected chi connectivity index (χ3v) is 5.33. The van der Waals surface area contributed by atoms with Gasteiger partial charge in [0.1, 0.15) is 0 Å². The molecule has 1 aromatic carbocycles. The number of morpholine rings is 1. The van der Waals surface area contributed by atoms with Crippen LogP contribution in [-0.2, 0) is 14.8 Å². The minimum atomic E-state index is -3.46. The number of nitrogens with zero attached hydrogens (tertiary/aromatic N) is 1. The number of rotatable bonds is 3. The van der Waals surface area contributed by atoms with Crippen molar-refractivity contribution in [3.63, 3.8) is 0 Å². The van der Waals surface area contributed by atoms with Gasteiger partial charge in [0.2, 0.25) is 10.0 Å². The molecular formula is C15H23N3O3S2. The Hall–Kier alpha value is -1.22. The van der Waals surface area contributed by atoms with Crippen LogP contribution >= 0.6 is 12.2 Å². The van der Waals surface area contributed by atoms with E-state index in [9.17, 15) is 8.42 Å². The zero-order valence-electron chi connectivity index (χ0n) is 13.6. The van der Waals surface area contributed by atoms with Crippen LogP contribution in [0.3, 0.4) is 0 Å². The summed E-state index contributed by atoms with van der Waals surface area (Å²) in [5, 5.41) is 6.69. The Morgan fingerprint density at radius 3 is 2.26 bits per heavy atom. The van der Waals surface area contributed by atoms with Crippen molar-refractivity contribution >= 4 is 33.0 Å². The van der Waals surface area contributed by atoms with Gasteiger partial charge in [-0.25, -0.2) is 8.42 Å². The third kappa shape index (κ3) is 5.13. The molecule has 2 rings (SSSR count). The molecule has 1 aliphatic heterocycles. The second-order valence-electron chi connectivity index (χ2n) is 6.37. The molecule has 1 aliphatic rings. The van der Waals surface area contributed by atoms with E-state index in [1.165, 1.54) is 4.31 Å². The molecule has 0 aromatic heterocycles. The maximum absolute atomic E-state index is 12.5. The Labute approximate surface area is 143 Å². The summed E-state index contributed by atoms with van der Waals surface area (Å²) in [6.45, 7) is 7.69. The zero-order chi connectivity index (χ0) is 17.1. The number of ether oxygens (including phenoxy) is 1. The van der Waals surface area contributed by atoms with Crippen LogP contribution in [0.4, 0.5) is 5.69 Å². The highest BCUT2D eigenvalue weighted by Gasteiger charge is 2.26. The van der Waals surface area contributed by atoms with Gasteiger partial charge in [0.25, 0.3) is 0 Å². The highest BCUT2D eigenvalue weighted by molar-refractivity contribution is 7.89. The number of nitrogens with one attached hydrogen (secondary N) is 2. The molecule has 6 nitrogen and oxygen atoms in total. The summed E-state index contributed by atoms with van der Waals surface area (Å²) in [5.41, 5.74) is 0.608. The molecule has 2 N–H and O–H groups in total. The summed E-state index contributed by atoms with van der Waals surface area (Å²) in [6.07, 6.45) is 0. The quantitative estimate of drug-likeness (QED) is 0.804. The SMILES string of the molecule is CC(C)(C)NC(=S)Nc1ccc(S(=O)(=O)N2CCOCC2)cc1. The Bertz CT molecular complexity index is 646. The van der Waals surface area contributed by atoms with E-state index in [0.29, 0.717) is 31.4 Å². The van der Waals surface area contributed by atoms with E-state index in [1.807, 2.05) is 20.8 Å². The Kier molecular flexibility index (Phi) is 5.61. The molecule has 1 saturated heterocycles. The lowest BCUT2D eigenvalue weighted by molar-refractivity contribution is 0.0730. The molecule has 0 bridgehead atoms. The molecule has 1 aromatic rings. The first kappa shape index (κ1) is 18.1. The Morgan fingerprint density at radius 1 is 1.17 bits per heavy atom. The first-order valence-electron chi connectivity index (χ1n) is 7.46. The lowest BCUT2D eigenvalue weighted by atomic mass is 10.1. The lowest BCUT2D eigenvalue weighted by Crippen LogP contribution is -2.42. The van der Waals surface area contributed by atoms with Crippen molar-refractivity contribution in [1.82, 2.24) is 9.62 Å². The second kappa shape index (κ2) is 7.12. The van der Waals surface area contributed by atoms with Gasteiger partial charge in [-0.05, 0) is 57.3 Å². The maximum atomic E-state index is 12.5. The van der Waals surface area contributed by atoms with Gasteiger partial charge in [-0.15, -0.1) is 0 Å². The summed E-state index contributed by atoms with van der Waals surface area (Å²) in [5.74, 6) is 0. The Morgan fingerprint density at radius 2 is 1.74 bits per heavy atom. The monoisotopic (exact) mass is 357 g/mol. The molecule has 0 saturated carbocycles. The smallest absolute Gasteiger partial charge is 0.243 e. The van der Waals surface area contributed by atoms with E-state index < -0.39 is 10.0 Å². The molecule has 0 aliphatic carbocycles. The lowest BCUT2D eigenvalue weighted by Gasteiger charge is -2.26. The van der Waals surface area contributed by atoms with E-state index in [1.54, 1.807) is 24.3 Å². The van der Waals surface area contributed by atoms with Crippen molar-refractivity contribution in [3.8, 4) is 0 Å². The van der Waals surface area contributed by atoms with Crippen LogP contribution in [0.2, 0.25) is 0 Å². The van der Waals surface area contributed by atoms with E-state index in [2.05, 4.69) is 10.6 Å². The van der Waals surface area contributed by atoms with E-state index in [-0.39, 0.29) is 10.4 Å². The molecule has 0 radical (unpaired) electrons. The molecule has 8 heteroatoms. The van der Waals surface area contributed by atoms with E-state index >= 15 is 0 Å². The fourth-order valence-corrected chi connectivity index (χ4v) is 3.98. The fourth-order valence-electron chi connectivity index (χ4n) is 2.15. The van der Waals surface area contributed by atoms with Gasteiger partial charge >= 0.3 is 0 Å². The highest BCUT2D eigenvalue weighted by Crippen LogP contribution is 2.19. The first-order chi connectivity index (χ1) is 10.7. The van der Waals surface area contributed by atoms with Gasteiger partial charge in [-0.3, -0.25) is 0 Å². The average Bonchev–Trinajstić information content (AvgIpc) is 2.46. The van der Waals surface area contributed by atoms with Crippen molar-refractivity contribution in [2.75, 3.05) is 31.6 Å². The van der Waals surface area contributed by atoms with Crippen molar-refractivity contribution in [2.45, 2.75) is 31.2 Å². The van der Waals surface area contributed by atoms with Crippen molar-refractivity contribution in [3.05, 3.63) is 24.3 Å². The number of thiocarbonyl (C=S) groups is 1. The highest BCUT2D eigenvalue weighted by atomic mass is 32.2. The fraction of sp³-hybridized carbons (Fsp3) is 0.533. The second-order valence-corrected chi connectivity index (χ2v) is 8.72. The summed E-state index contributed by atoms with van der Waals surface area (Å²) in [6, 6.07) is 6.60. The normalized spacial score (nSPS) is 16.8. The molecular weight excluding hydrogens is 334 g/mol. The van der Waals surface area contributed by atoms with Gasteiger partial charge in [0, 0.05) is 24.3 Å². The third-order valence-electron chi connectivity index (χ3n) is 3.21. The predicted molar refractivity (Wildman–Crippen MR) is 95.1 cm³/mol. The minimum absolute atomic E-state index is 0.135. The van der Waals surface area contributed by atoms with Crippen LogP contribution in [-0.4, -0.2) is 49.7 Å². The molecule has 1 heterocycles. The molecule has 0 atom stereocenters. The topological polar surface area (TPSA) is 70.7 Å². The van der Waals surface area contributed by atoms with Crippen LogP contribution < -0.4 is 10.6 Å². The van der Waals surface area contributed by atoms with Gasteiger partial charge < -0.3 is 15.4 Å². The van der Waals surface area contributed by atoms with Crippen LogP contribution in [0.1, 0.15) is 20.8 Å². The molecule has 23 heavy (non-hydrogen) atoms. The minimum Gasteiger partial charge on any atom is -0.379 e. The summed E-state index contributed by atoms with van der Waals surface area (Å²) < 4.78 is 31.7. The number of anilines is 1. The molecule has 0 amide bonds. The molecule has 128 valence electrons. The van der Waals surface area contributed by atoms with Crippen LogP contribution in [0, 0.1) is 0 Å². The number of hydrogen-bond acceptors (Lipinski definition) is 4. The zero-order valence-corrected chi connectivity index (χ0v) is 15.3. The Balaban J connectivity index is 2.05. The number of hydrogen-bond donors (Lipinski definition) is 2. The van der Waals surface area contributed by atoms with Gasteiger partial charge in [-0.1, -0.05) is 0 Å². The van der Waals surface area contributed by atoms with Crippen molar-refractivity contribution in [2.24, 2.45) is 0 Å². The van der Waals surface area contributed by atoms with Crippen molar-refractivity contribution in [1.29, 1.82) is 0 Å². The van der Waals surface area contributed by atoms with Crippen LogP contribution in [0.15, 0.2) is 29.2 Å². The summed E-state index contributed by atoms with van der Waals surface area (Å²) in [4.78, 5) is 0.277. The number of sulfonamides is 1. The number of benzene rings is 1. The van der Waals surface area contributed by atoms with Gasteiger partial charge in [0.15, 0.2) is 5.11 Å². The average molecular weight is 358 g/mol. The molecule has 0 spiro atoms. The van der Waals surface area contributed by atoms with Crippen LogP contribution in [0.25, 0.3) is 0 Å². The largest absolute Gasteiger partial charge is 0.379 e. The maximum Gasteiger partial charge on any atom is 0.243 e. The van der Waals surface area contributed by atoms with Crippen LogP contribution in [0.5, 0.6) is 0 Å². The standard InChI is InChI=1S/C15H23N3O3S2/c1-15(2,3)17-14(22)16-12-4-6-13(7-5-12)23(19,20)18-8-10-21-11-9-18/h4-7H,8-11H2,1-3H3,(H2,16,17,22).